The van der Waals surface area contributed by atoms with Crippen molar-refractivity contribution < 1.29 is 9.53 Å². The maximum Gasteiger partial charge on any atom is 0.242 e. The van der Waals surface area contributed by atoms with Crippen LogP contribution in [-0.4, -0.2) is 80.2 Å². The molecule has 0 aliphatic carbocycles. The summed E-state index contributed by atoms with van der Waals surface area (Å²) in [5, 5.41) is 6.50. The van der Waals surface area contributed by atoms with Gasteiger partial charge in [0.2, 0.25) is 5.91 Å². The predicted octanol–water partition coefficient (Wildman–Crippen LogP) is 1.93. The number of hydrogen-bond donors (Lipinski definition) is 2. The van der Waals surface area contributed by atoms with Gasteiger partial charge in [0.05, 0.1) is 19.8 Å². The average Bonchev–Trinajstić information content (AvgIpc) is 2.73. The Labute approximate surface area is 192 Å². The van der Waals surface area contributed by atoms with Gasteiger partial charge in [0.25, 0.3) is 0 Å². The van der Waals surface area contributed by atoms with Crippen molar-refractivity contribution in [2.45, 2.75) is 32.9 Å². The summed E-state index contributed by atoms with van der Waals surface area (Å²) in [4.78, 5) is 21.1. The minimum absolute atomic E-state index is 0. The van der Waals surface area contributed by atoms with E-state index >= 15 is 0 Å². The lowest BCUT2D eigenvalue weighted by Crippen LogP contribution is -2.57. The number of carbonyl (C=O) groups is 1. The molecular formula is C21H36IN5O2. The van der Waals surface area contributed by atoms with E-state index in [1.54, 1.807) is 7.05 Å². The monoisotopic (exact) mass is 517 g/mol. The molecule has 1 aromatic rings. The molecule has 0 spiro atoms. The number of likely N-dealkylation sites (N-methyl/N-ethyl adjacent to an activating group) is 1. The van der Waals surface area contributed by atoms with Crippen LogP contribution in [-0.2, 0) is 16.1 Å². The van der Waals surface area contributed by atoms with E-state index in [0.717, 1.165) is 38.4 Å². The van der Waals surface area contributed by atoms with Gasteiger partial charge in [0, 0.05) is 45.3 Å². The maximum absolute atomic E-state index is 12.6. The second-order valence-electron chi connectivity index (χ2n) is 7.58. The normalized spacial score (nSPS) is 15.4. The Balaban J connectivity index is 0.00000420. The Morgan fingerprint density at radius 2 is 1.86 bits per heavy atom. The van der Waals surface area contributed by atoms with Crippen molar-refractivity contribution in [3.63, 3.8) is 0 Å². The zero-order chi connectivity index (χ0) is 20.4. The fourth-order valence-corrected chi connectivity index (χ4v) is 3.25. The van der Waals surface area contributed by atoms with Crippen LogP contribution in [0.3, 0.4) is 0 Å². The lowest BCUT2D eigenvalue weighted by Gasteiger charge is -2.41. The average molecular weight is 517 g/mol. The molecule has 7 nitrogen and oxygen atoms in total. The Bertz CT molecular complexity index is 633. The van der Waals surface area contributed by atoms with E-state index in [0.29, 0.717) is 19.0 Å². The van der Waals surface area contributed by atoms with Gasteiger partial charge in [-0.1, -0.05) is 30.3 Å². The number of ether oxygens (including phenoxy) is 1. The van der Waals surface area contributed by atoms with Gasteiger partial charge in [-0.05, 0) is 26.3 Å². The number of nitrogens with one attached hydrogen (secondary N) is 2. The summed E-state index contributed by atoms with van der Waals surface area (Å²) in [7, 11) is 1.73. The second kappa shape index (κ2) is 13.0. The van der Waals surface area contributed by atoms with Crippen molar-refractivity contribution in [3.8, 4) is 0 Å². The molecule has 0 bridgehead atoms. The molecule has 164 valence electrons. The summed E-state index contributed by atoms with van der Waals surface area (Å²) in [5.41, 5.74) is 1.11. The van der Waals surface area contributed by atoms with Gasteiger partial charge < -0.3 is 20.3 Å². The molecule has 0 unspecified atom stereocenters. The molecule has 1 aromatic carbocycles. The first-order chi connectivity index (χ1) is 13.5. The zero-order valence-corrected chi connectivity index (χ0v) is 20.4. The topological polar surface area (TPSA) is 69.2 Å². The molecule has 1 fully saturated rings. The fraction of sp³-hybridized carbons (Fsp3) is 0.619. The highest BCUT2D eigenvalue weighted by atomic mass is 127. The molecule has 8 heteroatoms. The van der Waals surface area contributed by atoms with Crippen molar-refractivity contribution in [1.82, 2.24) is 20.4 Å². The van der Waals surface area contributed by atoms with E-state index in [2.05, 4.69) is 34.4 Å². The highest BCUT2D eigenvalue weighted by molar-refractivity contribution is 14.0. The van der Waals surface area contributed by atoms with Crippen LogP contribution in [0.5, 0.6) is 0 Å². The Morgan fingerprint density at radius 1 is 1.21 bits per heavy atom. The summed E-state index contributed by atoms with van der Waals surface area (Å²) in [6, 6.07) is 10.0. The smallest absolute Gasteiger partial charge is 0.242 e. The lowest BCUT2D eigenvalue weighted by molar-refractivity contribution is -0.130. The number of hydrogen-bond acceptors (Lipinski definition) is 4. The zero-order valence-electron chi connectivity index (χ0n) is 18.1. The number of benzene rings is 1. The molecule has 0 saturated carbocycles. The molecule has 1 heterocycles. The number of morpholine rings is 1. The van der Waals surface area contributed by atoms with Gasteiger partial charge in [-0.25, -0.2) is 0 Å². The summed E-state index contributed by atoms with van der Waals surface area (Å²) < 4.78 is 5.44. The first-order valence-corrected chi connectivity index (χ1v) is 10.0. The van der Waals surface area contributed by atoms with Crippen molar-refractivity contribution in [2.75, 3.05) is 53.0 Å². The summed E-state index contributed by atoms with van der Waals surface area (Å²) >= 11 is 0. The van der Waals surface area contributed by atoms with Crippen LogP contribution in [0.2, 0.25) is 0 Å². The van der Waals surface area contributed by atoms with E-state index in [1.807, 2.05) is 42.2 Å². The Morgan fingerprint density at radius 3 is 2.45 bits per heavy atom. The number of guanidine groups is 1. The van der Waals surface area contributed by atoms with E-state index in [4.69, 9.17) is 4.74 Å². The predicted molar refractivity (Wildman–Crippen MR) is 129 cm³/mol. The van der Waals surface area contributed by atoms with Crippen LogP contribution in [0.1, 0.15) is 26.3 Å². The molecule has 0 atom stereocenters. The number of amides is 1. The molecule has 29 heavy (non-hydrogen) atoms. The molecule has 2 N–H and O–H groups in total. The lowest BCUT2D eigenvalue weighted by atomic mass is 10.0. The van der Waals surface area contributed by atoms with E-state index < -0.39 is 0 Å². The van der Waals surface area contributed by atoms with Gasteiger partial charge in [0.15, 0.2) is 5.96 Å². The van der Waals surface area contributed by atoms with Crippen LogP contribution in [0.15, 0.2) is 35.3 Å². The number of halogens is 1. The summed E-state index contributed by atoms with van der Waals surface area (Å²) in [6.45, 7) is 12.1. The van der Waals surface area contributed by atoms with E-state index in [9.17, 15) is 4.79 Å². The SMILES string of the molecule is CCN(Cc1ccccc1)C(=O)CNC(=NC)NCC(C)(C)N1CCOCC1.I. The third kappa shape index (κ3) is 8.47. The third-order valence-electron chi connectivity index (χ3n) is 5.14. The van der Waals surface area contributed by atoms with Crippen LogP contribution in [0.4, 0.5) is 0 Å². The van der Waals surface area contributed by atoms with Crippen LogP contribution < -0.4 is 10.6 Å². The fourth-order valence-electron chi connectivity index (χ4n) is 3.25. The quantitative estimate of drug-likeness (QED) is 0.314. The first-order valence-electron chi connectivity index (χ1n) is 10.0. The number of nitrogens with zero attached hydrogens (tertiary/aromatic N) is 3. The van der Waals surface area contributed by atoms with Gasteiger partial charge in [-0.3, -0.25) is 14.7 Å². The number of rotatable bonds is 8. The molecule has 1 aliphatic rings. The third-order valence-corrected chi connectivity index (χ3v) is 5.14. The first kappa shape index (κ1) is 25.6. The molecule has 1 aliphatic heterocycles. The Hall–Kier alpha value is -1.39. The van der Waals surface area contributed by atoms with E-state index in [1.165, 1.54) is 0 Å². The maximum atomic E-state index is 12.6. The van der Waals surface area contributed by atoms with Crippen molar-refractivity contribution in [2.24, 2.45) is 4.99 Å². The summed E-state index contributed by atoms with van der Waals surface area (Å²) in [5.74, 6) is 0.701. The minimum atomic E-state index is -0.0197. The van der Waals surface area contributed by atoms with Crippen LogP contribution in [0, 0.1) is 0 Å². The molecule has 1 saturated heterocycles. The van der Waals surface area contributed by atoms with Gasteiger partial charge >= 0.3 is 0 Å². The number of carbonyl (C=O) groups excluding carboxylic acids is 1. The molecule has 0 aromatic heterocycles. The Kier molecular flexibility index (Phi) is 11.5. The second-order valence-corrected chi connectivity index (χ2v) is 7.58. The summed E-state index contributed by atoms with van der Waals surface area (Å²) in [6.07, 6.45) is 0. The van der Waals surface area contributed by atoms with Crippen LogP contribution in [0.25, 0.3) is 0 Å². The highest BCUT2D eigenvalue weighted by Crippen LogP contribution is 2.15. The standard InChI is InChI=1S/C21H35N5O2.HI/c1-5-25(16-18-9-7-6-8-10-18)19(27)15-23-20(22-4)24-17-21(2,3)26-11-13-28-14-12-26;/h6-10H,5,11-17H2,1-4H3,(H2,22,23,24);1H. The van der Waals surface area contributed by atoms with Gasteiger partial charge in [0.1, 0.15) is 0 Å². The van der Waals surface area contributed by atoms with E-state index in [-0.39, 0.29) is 42.0 Å². The largest absolute Gasteiger partial charge is 0.379 e. The van der Waals surface area contributed by atoms with Crippen molar-refractivity contribution in [3.05, 3.63) is 35.9 Å². The molecule has 0 radical (unpaired) electrons. The highest BCUT2D eigenvalue weighted by Gasteiger charge is 2.28. The van der Waals surface area contributed by atoms with Crippen molar-refractivity contribution >= 4 is 35.8 Å². The number of aliphatic imine (C=N–C) groups is 1. The molecule has 2 rings (SSSR count). The van der Waals surface area contributed by atoms with Gasteiger partial charge in [-0.15, -0.1) is 24.0 Å². The van der Waals surface area contributed by atoms with Gasteiger partial charge in [-0.2, -0.15) is 0 Å². The molecule has 1 amide bonds. The van der Waals surface area contributed by atoms with Crippen molar-refractivity contribution in [1.29, 1.82) is 0 Å². The van der Waals surface area contributed by atoms with Crippen LogP contribution >= 0.6 is 24.0 Å². The molecular weight excluding hydrogens is 481 g/mol. The minimum Gasteiger partial charge on any atom is -0.379 e.